The molecule has 0 bridgehead atoms. The number of carbonyl (C=O) groups excluding carboxylic acids is 3. The van der Waals surface area contributed by atoms with Crippen LogP contribution in [0.5, 0.6) is 5.75 Å². The van der Waals surface area contributed by atoms with Crippen molar-refractivity contribution in [3.8, 4) is 5.75 Å². The highest BCUT2D eigenvalue weighted by atomic mass is 32.2. The van der Waals surface area contributed by atoms with Gasteiger partial charge in [-0.15, -0.1) is 11.3 Å². The van der Waals surface area contributed by atoms with E-state index in [2.05, 4.69) is 4.98 Å². The number of rotatable bonds is 5. The molecular formula is C20H17N3O5S2. The molecule has 8 nitrogen and oxygen atoms in total. The van der Waals surface area contributed by atoms with E-state index < -0.39 is 17.8 Å². The van der Waals surface area contributed by atoms with Gasteiger partial charge in [-0.1, -0.05) is 0 Å². The number of ether oxygens (including phenoxy) is 1. The van der Waals surface area contributed by atoms with Gasteiger partial charge in [0, 0.05) is 14.1 Å². The number of aromatic nitrogens is 1. The van der Waals surface area contributed by atoms with Crippen LogP contribution in [-0.2, 0) is 9.59 Å². The maximum absolute atomic E-state index is 12.3. The molecule has 0 saturated carbocycles. The van der Waals surface area contributed by atoms with Crippen LogP contribution in [0.3, 0.4) is 0 Å². The van der Waals surface area contributed by atoms with Gasteiger partial charge in [-0.25, -0.2) is 9.78 Å². The van der Waals surface area contributed by atoms with E-state index in [9.17, 15) is 14.4 Å². The summed E-state index contributed by atoms with van der Waals surface area (Å²) in [5.74, 6) is -0.188. The number of thiazole rings is 1. The van der Waals surface area contributed by atoms with Crippen LogP contribution >= 0.6 is 23.1 Å². The van der Waals surface area contributed by atoms with Crippen LogP contribution in [0, 0.1) is 0 Å². The monoisotopic (exact) mass is 443 g/mol. The number of fused-ring (bicyclic) bond motifs is 1. The predicted molar refractivity (Wildman–Crippen MR) is 113 cm³/mol. The van der Waals surface area contributed by atoms with Crippen molar-refractivity contribution in [2.24, 2.45) is 0 Å². The van der Waals surface area contributed by atoms with Gasteiger partial charge in [0.2, 0.25) is 0 Å². The fourth-order valence-electron chi connectivity index (χ4n) is 2.85. The Kier molecular flexibility index (Phi) is 5.35. The van der Waals surface area contributed by atoms with Gasteiger partial charge in [-0.2, -0.15) is 0 Å². The van der Waals surface area contributed by atoms with Crippen molar-refractivity contribution >= 4 is 57.2 Å². The maximum Gasteiger partial charge on any atom is 0.333 e. The van der Waals surface area contributed by atoms with Crippen molar-refractivity contribution in [3.63, 3.8) is 0 Å². The number of benzene rings is 1. The molecule has 4 amide bonds. The predicted octanol–water partition coefficient (Wildman–Crippen LogP) is 3.87. The van der Waals surface area contributed by atoms with Gasteiger partial charge in [0.25, 0.3) is 11.8 Å². The standard InChI is InChI=1S/C20H17N3O5S2/c1-4-27-11-5-7-14-15(10-11)29-19(21-14)30-16-8-6-12(28-16)9-13-17(24)22(2)20(26)23(3)18(13)25/h5-10H,4H2,1-3H3. The van der Waals surface area contributed by atoms with Crippen LogP contribution in [-0.4, -0.2) is 53.3 Å². The minimum absolute atomic E-state index is 0.131. The van der Waals surface area contributed by atoms with Gasteiger partial charge >= 0.3 is 6.03 Å². The lowest BCUT2D eigenvalue weighted by molar-refractivity contribution is -0.134. The van der Waals surface area contributed by atoms with E-state index in [4.69, 9.17) is 9.15 Å². The number of hydrogen-bond acceptors (Lipinski definition) is 8. The molecule has 10 heteroatoms. The summed E-state index contributed by atoms with van der Waals surface area (Å²) in [5, 5.41) is 0.569. The third-order valence-electron chi connectivity index (χ3n) is 4.37. The Morgan fingerprint density at radius 2 is 1.87 bits per heavy atom. The largest absolute Gasteiger partial charge is 0.494 e. The molecule has 0 radical (unpaired) electrons. The highest BCUT2D eigenvalue weighted by molar-refractivity contribution is 8.01. The molecule has 154 valence electrons. The molecule has 0 aliphatic carbocycles. The maximum atomic E-state index is 12.3. The van der Waals surface area contributed by atoms with Crippen LogP contribution in [0.15, 0.2) is 49.8 Å². The number of likely N-dealkylation sites (N-methyl/N-ethyl adjacent to an activating group) is 2. The average molecular weight is 444 g/mol. The summed E-state index contributed by atoms with van der Waals surface area (Å²) in [6, 6.07) is 8.48. The number of nitrogens with zero attached hydrogens (tertiary/aromatic N) is 3. The fourth-order valence-corrected chi connectivity index (χ4v) is 4.85. The SMILES string of the molecule is CCOc1ccc2nc(Sc3ccc(C=C4C(=O)N(C)C(=O)N(C)C4=O)o3)sc2c1. The van der Waals surface area contributed by atoms with Gasteiger partial charge in [-0.3, -0.25) is 19.4 Å². The highest BCUT2D eigenvalue weighted by Crippen LogP contribution is 2.36. The molecule has 0 atom stereocenters. The minimum atomic E-state index is -0.666. The summed E-state index contributed by atoms with van der Waals surface area (Å²) < 4.78 is 13.1. The molecule has 1 fully saturated rings. The summed E-state index contributed by atoms with van der Waals surface area (Å²) >= 11 is 2.86. The Labute approximate surface area is 180 Å². The highest BCUT2D eigenvalue weighted by Gasteiger charge is 2.38. The lowest BCUT2D eigenvalue weighted by Crippen LogP contribution is -2.52. The number of carbonyl (C=O) groups is 3. The Morgan fingerprint density at radius 1 is 1.13 bits per heavy atom. The molecule has 0 unspecified atom stereocenters. The van der Waals surface area contributed by atoms with Crippen molar-refractivity contribution < 1.29 is 23.5 Å². The van der Waals surface area contributed by atoms with Crippen molar-refractivity contribution in [2.75, 3.05) is 20.7 Å². The zero-order valence-electron chi connectivity index (χ0n) is 16.4. The number of amides is 4. The van der Waals surface area contributed by atoms with Gasteiger partial charge in [0.05, 0.1) is 16.8 Å². The van der Waals surface area contributed by atoms with E-state index >= 15 is 0 Å². The molecule has 0 spiro atoms. The van der Waals surface area contributed by atoms with E-state index in [1.807, 2.05) is 25.1 Å². The molecule has 1 saturated heterocycles. The van der Waals surface area contributed by atoms with Crippen LogP contribution < -0.4 is 4.74 Å². The lowest BCUT2D eigenvalue weighted by Gasteiger charge is -2.28. The van der Waals surface area contributed by atoms with Crippen molar-refractivity contribution in [1.29, 1.82) is 0 Å². The van der Waals surface area contributed by atoms with Crippen molar-refractivity contribution in [3.05, 3.63) is 41.7 Å². The second-order valence-corrected chi connectivity index (χ2v) is 8.65. The third-order valence-corrected chi connectivity index (χ3v) is 6.37. The summed E-state index contributed by atoms with van der Waals surface area (Å²) in [6.07, 6.45) is 1.35. The average Bonchev–Trinajstić information content (AvgIpc) is 3.34. The minimum Gasteiger partial charge on any atom is -0.494 e. The quantitative estimate of drug-likeness (QED) is 0.436. The first-order chi connectivity index (χ1) is 14.4. The summed E-state index contributed by atoms with van der Waals surface area (Å²) in [7, 11) is 2.66. The van der Waals surface area contributed by atoms with E-state index in [0.29, 0.717) is 17.5 Å². The van der Waals surface area contributed by atoms with E-state index in [1.165, 1.54) is 43.3 Å². The van der Waals surface area contributed by atoms with E-state index in [0.717, 1.165) is 30.1 Å². The molecule has 2 aromatic heterocycles. The lowest BCUT2D eigenvalue weighted by atomic mass is 10.1. The van der Waals surface area contributed by atoms with Crippen LogP contribution in [0.25, 0.3) is 16.3 Å². The van der Waals surface area contributed by atoms with Crippen LogP contribution in [0.2, 0.25) is 0 Å². The van der Waals surface area contributed by atoms with Crippen LogP contribution in [0.1, 0.15) is 12.7 Å². The fraction of sp³-hybridized carbons (Fsp3) is 0.200. The van der Waals surface area contributed by atoms with Crippen molar-refractivity contribution in [1.82, 2.24) is 14.8 Å². The molecule has 4 rings (SSSR count). The number of hydrogen-bond donors (Lipinski definition) is 0. The Morgan fingerprint density at radius 3 is 2.57 bits per heavy atom. The zero-order chi connectivity index (χ0) is 21.4. The Balaban J connectivity index is 1.55. The summed E-state index contributed by atoms with van der Waals surface area (Å²) in [6.45, 7) is 2.53. The normalized spacial score (nSPS) is 14.8. The van der Waals surface area contributed by atoms with E-state index in [-0.39, 0.29) is 5.57 Å². The topological polar surface area (TPSA) is 93.0 Å². The first-order valence-electron chi connectivity index (χ1n) is 9.00. The second-order valence-electron chi connectivity index (χ2n) is 6.37. The first-order valence-corrected chi connectivity index (χ1v) is 10.6. The Bertz CT molecular complexity index is 1170. The molecular weight excluding hydrogens is 426 g/mol. The van der Waals surface area contributed by atoms with E-state index in [1.54, 1.807) is 12.1 Å². The molecule has 0 N–H and O–H groups in total. The molecule has 3 heterocycles. The van der Waals surface area contributed by atoms with Gasteiger partial charge in [0.15, 0.2) is 9.43 Å². The van der Waals surface area contributed by atoms with Gasteiger partial charge in [-0.05, 0) is 55.1 Å². The Hall–Kier alpha value is -3.11. The number of imide groups is 2. The molecule has 30 heavy (non-hydrogen) atoms. The smallest absolute Gasteiger partial charge is 0.333 e. The first kappa shape index (κ1) is 20.2. The molecule has 3 aromatic rings. The molecule has 1 aromatic carbocycles. The summed E-state index contributed by atoms with van der Waals surface area (Å²) in [5.41, 5.74) is 0.739. The number of urea groups is 1. The molecule has 1 aliphatic heterocycles. The number of barbiturate groups is 1. The van der Waals surface area contributed by atoms with Gasteiger partial charge in [0.1, 0.15) is 17.1 Å². The summed E-state index contributed by atoms with van der Waals surface area (Å²) in [4.78, 5) is 42.8. The second kappa shape index (κ2) is 7.96. The number of furan rings is 1. The third kappa shape index (κ3) is 3.71. The zero-order valence-corrected chi connectivity index (χ0v) is 18.0. The van der Waals surface area contributed by atoms with Crippen molar-refractivity contribution in [2.45, 2.75) is 16.4 Å². The van der Waals surface area contributed by atoms with Gasteiger partial charge < -0.3 is 9.15 Å². The molecule has 1 aliphatic rings. The van der Waals surface area contributed by atoms with Crippen LogP contribution in [0.4, 0.5) is 4.79 Å².